The minimum atomic E-state index is -4.37. The molecule has 1 aliphatic rings. The lowest BCUT2D eigenvalue weighted by Crippen LogP contribution is -2.23. The first-order valence-electron chi connectivity index (χ1n) is 9.32. The van der Waals surface area contributed by atoms with Crippen LogP contribution >= 0.6 is 0 Å². The molecule has 0 radical (unpaired) electrons. The predicted octanol–water partition coefficient (Wildman–Crippen LogP) is 5.10. The number of hydrogen-bond acceptors (Lipinski definition) is 5. The number of alkyl halides is 3. The maximum Gasteiger partial charge on any atom is 0.416 e. The molecule has 4 rings (SSSR count). The first-order chi connectivity index (χ1) is 13.9. The van der Waals surface area contributed by atoms with E-state index >= 15 is 0 Å². The normalized spacial score (nSPS) is 17.6. The number of methoxy groups -OCH3 is 1. The fourth-order valence-corrected chi connectivity index (χ4v) is 3.66. The van der Waals surface area contributed by atoms with E-state index in [9.17, 15) is 13.2 Å². The highest BCUT2D eigenvalue weighted by Crippen LogP contribution is 2.35. The van der Waals surface area contributed by atoms with Crippen LogP contribution in [0, 0.1) is 0 Å². The van der Waals surface area contributed by atoms with Crippen molar-refractivity contribution in [1.29, 1.82) is 0 Å². The van der Waals surface area contributed by atoms with Gasteiger partial charge in [0.05, 0.1) is 19.2 Å². The topological polar surface area (TPSA) is 51.4 Å². The molecule has 1 atom stereocenters. The average Bonchev–Trinajstić information content (AvgIpc) is 3.37. The van der Waals surface area contributed by atoms with E-state index in [4.69, 9.17) is 9.26 Å². The molecule has 0 amide bonds. The van der Waals surface area contributed by atoms with E-state index in [1.165, 1.54) is 17.7 Å². The lowest BCUT2D eigenvalue weighted by Gasteiger charge is -2.23. The molecule has 0 spiro atoms. The van der Waals surface area contributed by atoms with Gasteiger partial charge in [-0.25, -0.2) is 0 Å². The van der Waals surface area contributed by atoms with E-state index in [1.54, 1.807) is 7.11 Å². The lowest BCUT2D eigenvalue weighted by atomic mass is 10.0. The van der Waals surface area contributed by atoms with Crippen molar-refractivity contribution < 1.29 is 22.4 Å². The maximum absolute atomic E-state index is 12.7. The second-order valence-corrected chi connectivity index (χ2v) is 6.99. The van der Waals surface area contributed by atoms with Crippen molar-refractivity contribution in [2.75, 3.05) is 13.7 Å². The minimum absolute atomic E-state index is 0.228. The van der Waals surface area contributed by atoms with E-state index in [0.717, 1.165) is 37.3 Å². The van der Waals surface area contributed by atoms with Gasteiger partial charge in [-0.05, 0) is 49.2 Å². The Morgan fingerprint density at radius 3 is 2.69 bits per heavy atom. The molecule has 0 bridgehead atoms. The van der Waals surface area contributed by atoms with E-state index in [2.05, 4.69) is 21.1 Å². The molecule has 0 N–H and O–H groups in total. The second-order valence-electron chi connectivity index (χ2n) is 6.99. The fraction of sp³-hybridized carbons (Fsp3) is 0.333. The average molecular weight is 403 g/mol. The number of aromatic nitrogens is 2. The van der Waals surface area contributed by atoms with Crippen LogP contribution in [0.15, 0.2) is 53.1 Å². The summed E-state index contributed by atoms with van der Waals surface area (Å²) in [7, 11) is 1.65. The van der Waals surface area contributed by atoms with Crippen LogP contribution in [0.25, 0.3) is 11.4 Å². The molecular weight excluding hydrogens is 383 g/mol. The van der Waals surface area contributed by atoms with Crippen LogP contribution < -0.4 is 4.74 Å². The monoisotopic (exact) mass is 403 g/mol. The van der Waals surface area contributed by atoms with Gasteiger partial charge in [-0.3, -0.25) is 4.90 Å². The number of halogens is 3. The first-order valence-corrected chi connectivity index (χ1v) is 9.32. The molecule has 1 aromatic heterocycles. The molecule has 0 aliphatic carbocycles. The minimum Gasteiger partial charge on any atom is -0.497 e. The Morgan fingerprint density at radius 1 is 1.17 bits per heavy atom. The number of nitrogens with zero attached hydrogens (tertiary/aromatic N) is 3. The fourth-order valence-electron chi connectivity index (χ4n) is 3.66. The summed E-state index contributed by atoms with van der Waals surface area (Å²) in [5.74, 6) is 1.54. The van der Waals surface area contributed by atoms with Crippen molar-refractivity contribution in [1.82, 2.24) is 15.0 Å². The van der Waals surface area contributed by atoms with Crippen molar-refractivity contribution in [3.05, 3.63) is 65.5 Å². The van der Waals surface area contributed by atoms with Gasteiger partial charge in [0.15, 0.2) is 0 Å². The highest BCUT2D eigenvalue weighted by molar-refractivity contribution is 5.54. The van der Waals surface area contributed by atoms with E-state index in [-0.39, 0.29) is 11.9 Å². The summed E-state index contributed by atoms with van der Waals surface area (Å²) in [6.45, 7) is 1.38. The first kappa shape index (κ1) is 19.4. The molecule has 3 aromatic rings. The summed E-state index contributed by atoms with van der Waals surface area (Å²) in [5.41, 5.74) is 0.950. The molecule has 152 valence electrons. The summed E-state index contributed by atoms with van der Waals surface area (Å²) in [4.78, 5) is 6.64. The number of benzene rings is 2. The van der Waals surface area contributed by atoms with Gasteiger partial charge >= 0.3 is 6.18 Å². The van der Waals surface area contributed by atoms with Crippen LogP contribution in [0.4, 0.5) is 13.2 Å². The number of rotatable bonds is 5. The summed E-state index contributed by atoms with van der Waals surface area (Å²) < 4.78 is 48.8. The van der Waals surface area contributed by atoms with Crippen LogP contribution in [0.3, 0.4) is 0 Å². The third-order valence-electron chi connectivity index (χ3n) is 5.12. The van der Waals surface area contributed by atoms with E-state index in [1.807, 2.05) is 18.2 Å². The van der Waals surface area contributed by atoms with Gasteiger partial charge in [-0.2, -0.15) is 18.2 Å². The van der Waals surface area contributed by atoms with Crippen molar-refractivity contribution in [3.63, 3.8) is 0 Å². The van der Waals surface area contributed by atoms with Crippen LogP contribution in [-0.4, -0.2) is 28.7 Å². The number of ether oxygens (including phenoxy) is 1. The van der Waals surface area contributed by atoms with Gasteiger partial charge in [0, 0.05) is 11.6 Å². The summed E-state index contributed by atoms with van der Waals surface area (Å²) in [6, 6.07) is 13.0. The molecule has 0 saturated carbocycles. The Balaban J connectivity index is 1.48. The van der Waals surface area contributed by atoms with Crippen molar-refractivity contribution in [2.24, 2.45) is 0 Å². The molecular formula is C21H20F3N3O2. The highest BCUT2D eigenvalue weighted by Gasteiger charge is 2.30. The summed E-state index contributed by atoms with van der Waals surface area (Å²) in [6.07, 6.45) is -2.29. The molecule has 2 heterocycles. The predicted molar refractivity (Wildman–Crippen MR) is 100 cm³/mol. The van der Waals surface area contributed by atoms with Gasteiger partial charge in [-0.1, -0.05) is 29.4 Å². The second kappa shape index (κ2) is 7.87. The van der Waals surface area contributed by atoms with Crippen molar-refractivity contribution in [3.8, 4) is 17.1 Å². The molecule has 1 fully saturated rings. The molecule has 1 aliphatic heterocycles. The summed E-state index contributed by atoms with van der Waals surface area (Å²) in [5, 5.41) is 3.93. The maximum atomic E-state index is 12.7. The van der Waals surface area contributed by atoms with Gasteiger partial charge in [-0.15, -0.1) is 0 Å². The Labute approximate surface area is 166 Å². The summed E-state index contributed by atoms with van der Waals surface area (Å²) >= 11 is 0. The van der Waals surface area contributed by atoms with Crippen molar-refractivity contribution in [2.45, 2.75) is 31.6 Å². The lowest BCUT2D eigenvalue weighted by molar-refractivity contribution is -0.137. The Morgan fingerprint density at radius 2 is 1.97 bits per heavy atom. The third kappa shape index (κ3) is 4.27. The Bertz CT molecular complexity index is 970. The molecule has 8 heteroatoms. The zero-order valence-electron chi connectivity index (χ0n) is 15.8. The molecule has 1 saturated heterocycles. The largest absolute Gasteiger partial charge is 0.497 e. The van der Waals surface area contributed by atoms with Crippen molar-refractivity contribution >= 4 is 0 Å². The molecule has 2 aromatic carbocycles. The van der Waals surface area contributed by atoms with E-state index < -0.39 is 11.7 Å². The quantitative estimate of drug-likeness (QED) is 0.593. The SMILES string of the molecule is COc1cccc(C2CCCN2Cc2nc(-c3ccc(C(F)(F)F)cc3)no2)c1. The zero-order valence-corrected chi connectivity index (χ0v) is 15.8. The van der Waals surface area contributed by atoms with Crippen LogP contribution in [0.5, 0.6) is 5.75 Å². The van der Waals surface area contributed by atoms with Gasteiger partial charge in [0.25, 0.3) is 0 Å². The van der Waals surface area contributed by atoms with Gasteiger partial charge < -0.3 is 9.26 Å². The number of hydrogen-bond donors (Lipinski definition) is 0. The highest BCUT2D eigenvalue weighted by atomic mass is 19.4. The third-order valence-corrected chi connectivity index (χ3v) is 5.12. The zero-order chi connectivity index (χ0) is 20.4. The smallest absolute Gasteiger partial charge is 0.416 e. The van der Waals surface area contributed by atoms with E-state index in [0.29, 0.717) is 18.0 Å². The molecule has 29 heavy (non-hydrogen) atoms. The van der Waals surface area contributed by atoms with Crippen LogP contribution in [0.1, 0.15) is 35.9 Å². The van der Waals surface area contributed by atoms with Gasteiger partial charge in [0.1, 0.15) is 5.75 Å². The molecule has 1 unspecified atom stereocenters. The number of likely N-dealkylation sites (tertiary alicyclic amines) is 1. The Kier molecular flexibility index (Phi) is 5.27. The standard InChI is InChI=1S/C21H20F3N3O2/c1-28-17-5-2-4-15(12-17)18-6-3-11-27(18)13-19-25-20(26-29-19)14-7-9-16(10-8-14)21(22,23)24/h2,4-5,7-10,12,18H,3,6,11,13H2,1H3. The van der Waals surface area contributed by atoms with Crippen LogP contribution in [-0.2, 0) is 12.7 Å². The van der Waals surface area contributed by atoms with Gasteiger partial charge in [0.2, 0.25) is 11.7 Å². The molecule has 5 nitrogen and oxygen atoms in total. The van der Waals surface area contributed by atoms with Crippen LogP contribution in [0.2, 0.25) is 0 Å². The Hall–Kier alpha value is -2.87.